The summed E-state index contributed by atoms with van der Waals surface area (Å²) in [4.78, 5) is 0. The summed E-state index contributed by atoms with van der Waals surface area (Å²) in [5.41, 5.74) is 0. The lowest BCUT2D eigenvalue weighted by atomic mass is 11.6. The molecule has 0 aliphatic carbocycles. The Kier molecular flexibility index (Phi) is 2.65. The van der Waals surface area contributed by atoms with Gasteiger partial charge in [-0.2, -0.15) is 0 Å². The Bertz CT molecular complexity index is 188. The number of nitrogens with zero attached hydrogens (tertiary/aromatic N) is 1. The van der Waals surface area contributed by atoms with Gasteiger partial charge < -0.3 is 4.18 Å². The zero-order chi connectivity index (χ0) is 6.62. The van der Waals surface area contributed by atoms with Crippen molar-refractivity contribution >= 4 is 19.9 Å². The van der Waals surface area contributed by atoms with Crippen LogP contribution in [0.4, 0.5) is 0 Å². The molecule has 0 saturated heterocycles. The molecule has 0 aliphatic rings. The molecule has 0 rings (SSSR count). The van der Waals surface area contributed by atoms with E-state index in [1.54, 1.807) is 0 Å². The number of rotatable bonds is 2. The maximum atomic E-state index is 10.1. The van der Waals surface area contributed by atoms with E-state index in [0.717, 1.165) is 6.26 Å². The van der Waals surface area contributed by atoms with Gasteiger partial charge in [-0.3, -0.25) is 0 Å². The Morgan fingerprint density at radius 3 is 2.38 bits per heavy atom. The first kappa shape index (κ1) is 7.59. The molecule has 0 amide bonds. The fourth-order valence-electron chi connectivity index (χ4n) is 0.0770. The molecule has 0 aromatic carbocycles. The van der Waals surface area contributed by atoms with Gasteiger partial charge >= 0.3 is 6.26 Å². The first-order chi connectivity index (χ1) is 3.56. The van der Waals surface area contributed by atoms with E-state index in [9.17, 15) is 8.42 Å². The minimum Gasteiger partial charge on any atom is -0.336 e. The van der Waals surface area contributed by atoms with E-state index in [2.05, 4.69) is 4.18 Å². The van der Waals surface area contributed by atoms with Gasteiger partial charge in [0.25, 0.3) is 0 Å². The summed E-state index contributed by atoms with van der Waals surface area (Å²) in [5, 5.41) is 7.67. The first-order valence-electron chi connectivity index (χ1n) is 1.50. The van der Waals surface area contributed by atoms with Crippen molar-refractivity contribution < 1.29 is 12.6 Å². The predicted octanol–water partition coefficient (Wildman–Crippen LogP) is 0.0919. The molecule has 0 heterocycles. The highest BCUT2D eigenvalue weighted by atomic mass is 33.1. The van der Waals surface area contributed by atoms with E-state index in [0.29, 0.717) is 0 Å². The maximum absolute atomic E-state index is 10.1. The molecule has 0 unspecified atom stereocenters. The van der Waals surface area contributed by atoms with Crippen LogP contribution in [0.15, 0.2) is 0 Å². The van der Waals surface area contributed by atoms with Gasteiger partial charge in [0, 0.05) is 0 Å². The van der Waals surface area contributed by atoms with Crippen LogP contribution in [0.5, 0.6) is 0 Å². The zero-order valence-electron chi connectivity index (χ0n) is 3.99. The summed E-state index contributed by atoms with van der Waals surface area (Å²) in [5.74, 6) is 0. The van der Waals surface area contributed by atoms with E-state index in [1.807, 2.05) is 0 Å². The third kappa shape index (κ3) is 5.59. The molecule has 6 heteroatoms. The Morgan fingerprint density at radius 1 is 1.75 bits per heavy atom. The SMILES string of the molecule is CS(=O)(=O)SOC#N. The van der Waals surface area contributed by atoms with Gasteiger partial charge in [0.15, 0.2) is 0 Å². The minimum absolute atomic E-state index is 0.145. The zero-order valence-corrected chi connectivity index (χ0v) is 5.62. The molecule has 0 atom stereocenters. The highest BCUT2D eigenvalue weighted by molar-refractivity contribution is 8.69. The molecule has 0 saturated carbocycles. The average Bonchev–Trinajstić information content (AvgIpc) is 1.59. The van der Waals surface area contributed by atoms with Crippen molar-refractivity contribution in [3.63, 3.8) is 0 Å². The third-order valence-electron chi connectivity index (χ3n) is 0.195. The molecule has 0 radical (unpaired) electrons. The van der Waals surface area contributed by atoms with E-state index < -0.39 is 8.87 Å². The molecule has 8 heavy (non-hydrogen) atoms. The van der Waals surface area contributed by atoms with Crippen LogP contribution in [0.2, 0.25) is 0 Å². The quantitative estimate of drug-likeness (QED) is 0.319. The predicted molar refractivity (Wildman–Crippen MR) is 29.1 cm³/mol. The Morgan fingerprint density at radius 2 is 2.25 bits per heavy atom. The van der Waals surface area contributed by atoms with Crippen LogP contribution in [-0.4, -0.2) is 14.7 Å². The summed E-state index contributed by atoms with van der Waals surface area (Å²) >= 11 is 0.145. The topological polar surface area (TPSA) is 67.2 Å². The van der Waals surface area contributed by atoms with E-state index >= 15 is 0 Å². The summed E-state index contributed by atoms with van der Waals surface area (Å²) in [6.07, 6.45) is 2.16. The van der Waals surface area contributed by atoms with Crippen LogP contribution in [0.25, 0.3) is 0 Å². The monoisotopic (exact) mass is 153 g/mol. The van der Waals surface area contributed by atoms with E-state index in [-0.39, 0.29) is 11.1 Å². The van der Waals surface area contributed by atoms with Gasteiger partial charge in [-0.15, -0.1) is 5.26 Å². The summed E-state index contributed by atoms with van der Waals surface area (Å²) in [6, 6.07) is 0. The molecule has 0 aromatic rings. The molecule has 0 bridgehead atoms. The summed E-state index contributed by atoms with van der Waals surface area (Å²) in [6.45, 7) is 0. The maximum Gasteiger partial charge on any atom is 0.300 e. The van der Waals surface area contributed by atoms with E-state index in [4.69, 9.17) is 5.26 Å². The molecule has 0 spiro atoms. The molecule has 0 aromatic heterocycles. The second kappa shape index (κ2) is 2.79. The van der Waals surface area contributed by atoms with Crippen LogP contribution in [0, 0.1) is 11.5 Å². The van der Waals surface area contributed by atoms with Crippen molar-refractivity contribution in [2.75, 3.05) is 6.26 Å². The summed E-state index contributed by atoms with van der Waals surface area (Å²) < 4.78 is 24.0. The van der Waals surface area contributed by atoms with Crippen molar-refractivity contribution in [1.82, 2.24) is 0 Å². The van der Waals surface area contributed by atoms with Crippen molar-refractivity contribution in [3.8, 4) is 6.26 Å². The number of hydrogen-bond acceptors (Lipinski definition) is 5. The van der Waals surface area contributed by atoms with Gasteiger partial charge in [0.1, 0.15) is 0 Å². The summed E-state index contributed by atoms with van der Waals surface area (Å²) in [7, 11) is -3.21. The fraction of sp³-hybridized carbons (Fsp3) is 0.500. The van der Waals surface area contributed by atoms with Gasteiger partial charge in [-0.05, 0) is 0 Å². The lowest BCUT2D eigenvalue weighted by Gasteiger charge is -1.85. The highest BCUT2D eigenvalue weighted by Crippen LogP contribution is 2.08. The number of hydrogen-bond donors (Lipinski definition) is 0. The molecule has 4 nitrogen and oxygen atoms in total. The lowest BCUT2D eigenvalue weighted by Crippen LogP contribution is -1.86. The molecular weight excluding hydrogens is 150 g/mol. The van der Waals surface area contributed by atoms with Crippen LogP contribution < -0.4 is 0 Å². The lowest BCUT2D eigenvalue weighted by molar-refractivity contribution is 0.587. The van der Waals surface area contributed by atoms with Crippen molar-refractivity contribution in [1.29, 1.82) is 5.26 Å². The smallest absolute Gasteiger partial charge is 0.300 e. The fourth-order valence-corrected chi connectivity index (χ4v) is 0.693. The van der Waals surface area contributed by atoms with Crippen molar-refractivity contribution in [2.45, 2.75) is 0 Å². The van der Waals surface area contributed by atoms with Crippen molar-refractivity contribution in [2.24, 2.45) is 0 Å². The van der Waals surface area contributed by atoms with Crippen molar-refractivity contribution in [3.05, 3.63) is 0 Å². The molecule has 0 aliphatic heterocycles. The Labute approximate surface area is 51.0 Å². The van der Waals surface area contributed by atoms with Gasteiger partial charge in [-0.25, -0.2) is 8.42 Å². The molecule has 46 valence electrons. The van der Waals surface area contributed by atoms with Crippen LogP contribution >= 0.6 is 11.1 Å². The van der Waals surface area contributed by atoms with Gasteiger partial charge in [0.2, 0.25) is 19.9 Å². The number of nitriles is 1. The molecule has 0 fully saturated rings. The molecular formula is C2H3NO3S2. The average molecular weight is 153 g/mol. The largest absolute Gasteiger partial charge is 0.336 e. The Balaban J connectivity index is 3.63. The Hall–Kier alpha value is -0.410. The second-order valence-corrected chi connectivity index (χ2v) is 4.88. The molecule has 0 N–H and O–H groups in total. The standard InChI is InChI=1S/C2H3NO3S2/c1-8(4,5)7-6-2-3/h1H3. The normalized spacial score (nSPS) is 10.0. The third-order valence-corrected chi connectivity index (χ3v) is 1.53. The van der Waals surface area contributed by atoms with Gasteiger partial charge in [-0.1, -0.05) is 0 Å². The highest BCUT2D eigenvalue weighted by Gasteiger charge is 2.02. The van der Waals surface area contributed by atoms with Crippen LogP contribution in [0.3, 0.4) is 0 Å². The van der Waals surface area contributed by atoms with Gasteiger partial charge in [0.05, 0.1) is 6.26 Å². The van der Waals surface area contributed by atoms with Crippen LogP contribution in [0.1, 0.15) is 0 Å². The van der Waals surface area contributed by atoms with Crippen LogP contribution in [-0.2, 0) is 13.1 Å². The van der Waals surface area contributed by atoms with E-state index in [1.165, 1.54) is 6.26 Å². The second-order valence-electron chi connectivity index (χ2n) is 0.947. The minimum atomic E-state index is -3.21. The first-order valence-corrected chi connectivity index (χ1v) is 4.65.